The van der Waals surface area contributed by atoms with Crippen molar-refractivity contribution in [1.29, 1.82) is 0 Å². The van der Waals surface area contributed by atoms with E-state index in [1.165, 1.54) is 0 Å². The summed E-state index contributed by atoms with van der Waals surface area (Å²) >= 11 is 0. The van der Waals surface area contributed by atoms with Gasteiger partial charge in [0, 0.05) is 25.4 Å². The van der Waals surface area contributed by atoms with E-state index >= 15 is 0 Å². The second-order valence-electron chi connectivity index (χ2n) is 5.93. The maximum Gasteiger partial charge on any atom is 0.248 e. The molecule has 1 saturated heterocycles. The molecule has 2 unspecified atom stereocenters. The largest absolute Gasteiger partial charge is 0.378 e. The molecule has 0 spiro atoms. The van der Waals surface area contributed by atoms with Gasteiger partial charge in [-0.05, 0) is 12.5 Å². The predicted molar refractivity (Wildman–Crippen MR) is 87.3 cm³/mol. The summed E-state index contributed by atoms with van der Waals surface area (Å²) in [7, 11) is 0. The van der Waals surface area contributed by atoms with Crippen LogP contribution in [0, 0.1) is 0 Å². The van der Waals surface area contributed by atoms with E-state index in [0.29, 0.717) is 37.8 Å². The average molecular weight is 330 g/mol. The van der Waals surface area contributed by atoms with Gasteiger partial charge in [0.05, 0.1) is 13.2 Å². The number of aromatic nitrogens is 2. The van der Waals surface area contributed by atoms with Crippen molar-refractivity contribution in [2.75, 3.05) is 19.8 Å². The van der Waals surface area contributed by atoms with Gasteiger partial charge in [-0.1, -0.05) is 35.5 Å². The summed E-state index contributed by atoms with van der Waals surface area (Å²) in [5.41, 5.74) is 1.12. The van der Waals surface area contributed by atoms with Gasteiger partial charge in [-0.15, -0.1) is 0 Å². The molecule has 3 rings (SSSR count). The zero-order valence-electron chi connectivity index (χ0n) is 13.7. The van der Waals surface area contributed by atoms with Crippen molar-refractivity contribution in [3.05, 3.63) is 47.6 Å². The van der Waals surface area contributed by atoms with Gasteiger partial charge in [0.1, 0.15) is 6.04 Å². The number of hydrogen-bond acceptors (Lipinski definition) is 6. The van der Waals surface area contributed by atoms with E-state index in [2.05, 4.69) is 20.8 Å². The topological polar surface area (TPSA) is 89.3 Å². The number of nitrogens with one attached hydrogen (secondary N) is 2. The number of nitrogens with zero attached hydrogens (tertiary/aromatic N) is 2. The molecule has 0 aliphatic carbocycles. The number of rotatable bonds is 6. The van der Waals surface area contributed by atoms with Crippen molar-refractivity contribution in [3.8, 4) is 0 Å². The smallest absolute Gasteiger partial charge is 0.248 e. The van der Waals surface area contributed by atoms with E-state index in [-0.39, 0.29) is 18.0 Å². The fraction of sp³-hybridized carbons (Fsp3) is 0.471. The van der Waals surface area contributed by atoms with Crippen LogP contribution < -0.4 is 10.6 Å². The highest BCUT2D eigenvalue weighted by molar-refractivity contribution is 5.76. The molecule has 7 heteroatoms. The van der Waals surface area contributed by atoms with Crippen LogP contribution in [0.25, 0.3) is 0 Å². The second kappa shape index (κ2) is 8.03. The lowest BCUT2D eigenvalue weighted by Gasteiger charge is -2.23. The highest BCUT2D eigenvalue weighted by Crippen LogP contribution is 2.13. The third-order valence-electron chi connectivity index (χ3n) is 3.87. The summed E-state index contributed by atoms with van der Waals surface area (Å²) in [6.45, 7) is 3.87. The molecular weight excluding hydrogens is 308 g/mol. The Morgan fingerprint density at radius 3 is 3.00 bits per heavy atom. The van der Waals surface area contributed by atoms with E-state index in [1.807, 2.05) is 37.3 Å². The SMILES string of the molecule is CC(NC(=O)CC1COCCN1)c1nc(Cc2ccccc2)no1. The Labute approximate surface area is 140 Å². The molecule has 0 saturated carbocycles. The molecule has 0 radical (unpaired) electrons. The fourth-order valence-electron chi connectivity index (χ4n) is 2.63. The quantitative estimate of drug-likeness (QED) is 0.828. The molecule has 24 heavy (non-hydrogen) atoms. The molecule has 0 bridgehead atoms. The van der Waals surface area contributed by atoms with Crippen molar-refractivity contribution >= 4 is 5.91 Å². The molecule has 2 N–H and O–H groups in total. The van der Waals surface area contributed by atoms with Crippen LogP contribution in [0.4, 0.5) is 0 Å². The fourth-order valence-corrected chi connectivity index (χ4v) is 2.63. The first-order chi connectivity index (χ1) is 11.7. The highest BCUT2D eigenvalue weighted by atomic mass is 16.5. The Hall–Kier alpha value is -2.25. The number of carbonyl (C=O) groups is 1. The first kappa shape index (κ1) is 16.6. The minimum Gasteiger partial charge on any atom is -0.378 e. The Kier molecular flexibility index (Phi) is 5.55. The molecule has 128 valence electrons. The summed E-state index contributed by atoms with van der Waals surface area (Å²) < 4.78 is 10.6. The van der Waals surface area contributed by atoms with Crippen LogP contribution in [-0.4, -0.2) is 41.8 Å². The molecule has 2 atom stereocenters. The lowest BCUT2D eigenvalue weighted by molar-refractivity contribution is -0.123. The van der Waals surface area contributed by atoms with Gasteiger partial charge in [0.2, 0.25) is 11.8 Å². The number of ether oxygens (including phenoxy) is 1. The van der Waals surface area contributed by atoms with Crippen LogP contribution in [0.15, 0.2) is 34.9 Å². The second-order valence-corrected chi connectivity index (χ2v) is 5.93. The number of carbonyl (C=O) groups excluding carboxylic acids is 1. The maximum atomic E-state index is 12.1. The molecule has 2 heterocycles. The Balaban J connectivity index is 1.51. The first-order valence-corrected chi connectivity index (χ1v) is 8.17. The minimum absolute atomic E-state index is 0.0577. The van der Waals surface area contributed by atoms with Crippen LogP contribution in [0.2, 0.25) is 0 Å². The van der Waals surface area contributed by atoms with Gasteiger partial charge >= 0.3 is 0 Å². The zero-order valence-corrected chi connectivity index (χ0v) is 13.7. The monoisotopic (exact) mass is 330 g/mol. The highest BCUT2D eigenvalue weighted by Gasteiger charge is 2.20. The van der Waals surface area contributed by atoms with Crippen molar-refractivity contribution < 1.29 is 14.1 Å². The molecule has 2 aromatic rings. The molecular formula is C17H22N4O3. The lowest BCUT2D eigenvalue weighted by atomic mass is 10.1. The predicted octanol–water partition coefficient (Wildman–Crippen LogP) is 1.22. The normalized spacial score (nSPS) is 19.0. The van der Waals surface area contributed by atoms with Crippen molar-refractivity contribution in [2.45, 2.75) is 31.8 Å². The minimum atomic E-state index is -0.320. The van der Waals surface area contributed by atoms with Crippen molar-refractivity contribution in [3.63, 3.8) is 0 Å². The average Bonchev–Trinajstić information content (AvgIpc) is 3.05. The summed E-state index contributed by atoms with van der Waals surface area (Å²) in [6.07, 6.45) is 0.976. The molecule has 1 aromatic carbocycles. The van der Waals surface area contributed by atoms with Crippen molar-refractivity contribution in [2.24, 2.45) is 0 Å². The Morgan fingerprint density at radius 1 is 1.42 bits per heavy atom. The summed E-state index contributed by atoms with van der Waals surface area (Å²) in [5.74, 6) is 0.968. The van der Waals surface area contributed by atoms with Gasteiger partial charge in [-0.3, -0.25) is 4.79 Å². The zero-order chi connectivity index (χ0) is 16.8. The molecule has 7 nitrogen and oxygen atoms in total. The van der Waals surface area contributed by atoms with E-state index in [0.717, 1.165) is 12.1 Å². The molecule has 1 aliphatic rings. The van der Waals surface area contributed by atoms with Gasteiger partial charge in [0.15, 0.2) is 5.82 Å². The van der Waals surface area contributed by atoms with E-state index in [1.54, 1.807) is 0 Å². The third-order valence-corrected chi connectivity index (χ3v) is 3.87. The van der Waals surface area contributed by atoms with Crippen LogP contribution >= 0.6 is 0 Å². The Morgan fingerprint density at radius 2 is 2.25 bits per heavy atom. The van der Waals surface area contributed by atoms with Crippen LogP contribution in [0.3, 0.4) is 0 Å². The number of morpholine rings is 1. The summed E-state index contributed by atoms with van der Waals surface area (Å²) in [4.78, 5) is 16.5. The van der Waals surface area contributed by atoms with Gasteiger partial charge in [-0.25, -0.2) is 0 Å². The maximum absolute atomic E-state index is 12.1. The van der Waals surface area contributed by atoms with Crippen LogP contribution in [0.5, 0.6) is 0 Å². The molecule has 1 aliphatic heterocycles. The van der Waals surface area contributed by atoms with Crippen LogP contribution in [-0.2, 0) is 16.0 Å². The lowest BCUT2D eigenvalue weighted by Crippen LogP contribution is -2.44. The third kappa shape index (κ3) is 4.62. The Bertz CT molecular complexity index is 653. The molecule has 1 aromatic heterocycles. The number of benzene rings is 1. The van der Waals surface area contributed by atoms with Gasteiger partial charge in [-0.2, -0.15) is 4.98 Å². The number of hydrogen-bond donors (Lipinski definition) is 2. The first-order valence-electron chi connectivity index (χ1n) is 8.17. The molecule has 1 amide bonds. The van der Waals surface area contributed by atoms with E-state index in [9.17, 15) is 4.79 Å². The van der Waals surface area contributed by atoms with E-state index in [4.69, 9.17) is 9.26 Å². The van der Waals surface area contributed by atoms with Crippen molar-refractivity contribution in [1.82, 2.24) is 20.8 Å². The summed E-state index contributed by atoms with van der Waals surface area (Å²) in [6, 6.07) is 9.68. The van der Waals surface area contributed by atoms with E-state index < -0.39 is 0 Å². The van der Waals surface area contributed by atoms with Gasteiger partial charge in [0.25, 0.3) is 0 Å². The molecule has 1 fully saturated rings. The summed E-state index contributed by atoms with van der Waals surface area (Å²) in [5, 5.41) is 10.1. The standard InChI is InChI=1S/C17H22N4O3/c1-12(19-16(22)10-14-11-23-8-7-18-14)17-20-15(21-24-17)9-13-5-3-2-4-6-13/h2-6,12,14,18H,7-11H2,1H3,(H,19,22). The van der Waals surface area contributed by atoms with Gasteiger partial charge < -0.3 is 19.9 Å². The number of amides is 1. The van der Waals surface area contributed by atoms with Crippen LogP contribution in [0.1, 0.15) is 36.7 Å².